The summed E-state index contributed by atoms with van der Waals surface area (Å²) >= 11 is 0. The first-order valence-corrected chi connectivity index (χ1v) is 31.1. The summed E-state index contributed by atoms with van der Waals surface area (Å²) in [5.41, 5.74) is 0. The van der Waals surface area contributed by atoms with Gasteiger partial charge < -0.3 is 33.8 Å². The minimum absolute atomic E-state index is 0.0981. The second-order valence-corrected chi connectivity index (χ2v) is 22.7. The van der Waals surface area contributed by atoms with Gasteiger partial charge in [-0.1, -0.05) is 196 Å². The molecule has 0 heterocycles. The van der Waals surface area contributed by atoms with Crippen molar-refractivity contribution in [2.45, 2.75) is 265 Å². The van der Waals surface area contributed by atoms with E-state index in [9.17, 15) is 43.2 Å². The second kappa shape index (κ2) is 46.4. The highest BCUT2D eigenvalue weighted by Crippen LogP contribution is 2.45. The normalized spacial score (nSPS) is 15.4. The zero-order valence-electron chi connectivity index (χ0n) is 45.7. The highest BCUT2D eigenvalue weighted by Gasteiger charge is 2.30. The number of carbonyl (C=O) groups excluding carboxylic acids is 4. The van der Waals surface area contributed by atoms with Gasteiger partial charge in [-0.3, -0.25) is 37.3 Å². The van der Waals surface area contributed by atoms with Gasteiger partial charge in [0.25, 0.3) is 0 Å². The third-order valence-corrected chi connectivity index (χ3v) is 14.6. The molecule has 0 spiro atoms. The number of phosphoric acid groups is 2. The summed E-state index contributed by atoms with van der Waals surface area (Å²) in [5, 5.41) is 10.4. The van der Waals surface area contributed by atoms with Gasteiger partial charge in [-0.15, -0.1) is 0 Å². The van der Waals surface area contributed by atoms with Crippen molar-refractivity contribution in [1.29, 1.82) is 0 Å². The largest absolute Gasteiger partial charge is 0.472 e. The topological polar surface area (TPSA) is 237 Å². The Bertz CT molecular complexity index is 1450. The first-order valence-electron chi connectivity index (χ1n) is 28.1. The maximum Gasteiger partial charge on any atom is 0.472 e. The summed E-state index contributed by atoms with van der Waals surface area (Å²) in [6, 6.07) is 0. The van der Waals surface area contributed by atoms with E-state index >= 15 is 0 Å². The molecule has 0 aromatic rings. The fraction of sp³-hybridized carbons (Fsp3) is 0.925. The van der Waals surface area contributed by atoms with Crippen molar-refractivity contribution in [2.24, 2.45) is 11.8 Å². The average molecular weight is 1070 g/mol. The van der Waals surface area contributed by atoms with Gasteiger partial charge in [0.2, 0.25) is 0 Å². The van der Waals surface area contributed by atoms with E-state index in [4.69, 9.17) is 37.0 Å². The smallest absolute Gasteiger partial charge is 0.462 e. The molecule has 426 valence electrons. The fourth-order valence-electron chi connectivity index (χ4n) is 7.52. The molecule has 72 heavy (non-hydrogen) atoms. The quantitative estimate of drug-likeness (QED) is 0.0222. The molecule has 4 unspecified atom stereocenters. The van der Waals surface area contributed by atoms with Crippen molar-refractivity contribution in [2.75, 3.05) is 39.6 Å². The average Bonchev–Trinajstić information content (AvgIpc) is 3.35. The van der Waals surface area contributed by atoms with Crippen molar-refractivity contribution in [3.63, 3.8) is 0 Å². The van der Waals surface area contributed by atoms with Crippen LogP contribution in [0.4, 0.5) is 0 Å². The van der Waals surface area contributed by atoms with E-state index in [2.05, 4.69) is 41.5 Å². The lowest BCUT2D eigenvalue weighted by Gasteiger charge is -2.21. The number of rotatable bonds is 52. The molecule has 0 aliphatic heterocycles. The molecular weight excluding hydrogens is 971 g/mol. The Hall–Kier alpha value is -1.94. The molecule has 0 saturated heterocycles. The molecule has 0 aliphatic rings. The maximum absolute atomic E-state index is 12.9. The molecule has 0 saturated carbocycles. The van der Waals surface area contributed by atoms with E-state index in [-0.39, 0.29) is 25.7 Å². The Labute approximate surface area is 435 Å². The van der Waals surface area contributed by atoms with Crippen LogP contribution < -0.4 is 0 Å². The van der Waals surface area contributed by atoms with E-state index in [0.717, 1.165) is 115 Å². The van der Waals surface area contributed by atoms with Gasteiger partial charge in [-0.25, -0.2) is 9.13 Å². The highest BCUT2D eigenvalue weighted by atomic mass is 31.2. The second-order valence-electron chi connectivity index (χ2n) is 19.7. The molecule has 7 atom stereocenters. The third kappa shape index (κ3) is 45.5. The van der Waals surface area contributed by atoms with Gasteiger partial charge in [-0.05, 0) is 37.5 Å². The van der Waals surface area contributed by atoms with Gasteiger partial charge in [0.05, 0.1) is 26.4 Å². The van der Waals surface area contributed by atoms with E-state index in [1.807, 2.05) is 0 Å². The van der Waals surface area contributed by atoms with Crippen LogP contribution >= 0.6 is 15.6 Å². The van der Waals surface area contributed by atoms with Crippen molar-refractivity contribution < 1.29 is 80.2 Å². The van der Waals surface area contributed by atoms with Crippen LogP contribution in [-0.4, -0.2) is 96.7 Å². The van der Waals surface area contributed by atoms with Crippen LogP contribution in [0.3, 0.4) is 0 Å². The Morgan fingerprint density at radius 2 is 0.667 bits per heavy atom. The molecule has 0 bridgehead atoms. The molecule has 0 amide bonds. The van der Waals surface area contributed by atoms with Crippen molar-refractivity contribution in [3.05, 3.63) is 0 Å². The summed E-state index contributed by atoms with van der Waals surface area (Å²) in [7, 11) is -9.85. The van der Waals surface area contributed by atoms with Crippen molar-refractivity contribution in [3.8, 4) is 0 Å². The maximum atomic E-state index is 12.9. The number of hydrogen-bond acceptors (Lipinski definition) is 15. The minimum atomic E-state index is -4.93. The fourth-order valence-corrected chi connectivity index (χ4v) is 9.10. The third-order valence-electron chi connectivity index (χ3n) is 12.7. The van der Waals surface area contributed by atoms with Gasteiger partial charge in [0.15, 0.2) is 12.2 Å². The molecule has 0 fully saturated rings. The van der Waals surface area contributed by atoms with E-state index in [1.165, 1.54) is 51.4 Å². The lowest BCUT2D eigenvalue weighted by Crippen LogP contribution is -2.30. The summed E-state index contributed by atoms with van der Waals surface area (Å²) in [6.07, 6.45) is 24.6. The molecule has 0 rings (SSSR count). The lowest BCUT2D eigenvalue weighted by atomic mass is 9.99. The SMILES string of the molecule is CCCCCCCC(=O)OC[C@H](COP(=O)(O)OC[C@H](O)COP(=O)(O)OC[C@@H](COC(=O)CCCCCCCCC(C)CC)OC(=O)CCCCCCCCCCC(C)CC)OC(=O)CCCCCCC. The summed E-state index contributed by atoms with van der Waals surface area (Å²) in [4.78, 5) is 71.2. The Balaban J connectivity index is 5.17. The predicted molar refractivity (Wildman–Crippen MR) is 280 cm³/mol. The summed E-state index contributed by atoms with van der Waals surface area (Å²) in [5.74, 6) is -0.674. The van der Waals surface area contributed by atoms with Crippen LogP contribution in [0, 0.1) is 11.8 Å². The van der Waals surface area contributed by atoms with Gasteiger partial charge in [-0.2, -0.15) is 0 Å². The number of aliphatic hydroxyl groups excluding tert-OH is 1. The number of carbonyl (C=O) groups is 4. The zero-order valence-corrected chi connectivity index (χ0v) is 47.5. The predicted octanol–water partition coefficient (Wildman–Crippen LogP) is 13.4. The van der Waals surface area contributed by atoms with Crippen molar-refractivity contribution >= 4 is 39.5 Å². The Kier molecular flexibility index (Phi) is 45.1. The number of phosphoric ester groups is 2. The van der Waals surface area contributed by atoms with Crippen molar-refractivity contribution in [1.82, 2.24) is 0 Å². The lowest BCUT2D eigenvalue weighted by molar-refractivity contribution is -0.161. The zero-order chi connectivity index (χ0) is 53.7. The monoisotopic (exact) mass is 1070 g/mol. The van der Waals surface area contributed by atoms with E-state index in [0.29, 0.717) is 25.7 Å². The molecule has 17 nitrogen and oxygen atoms in total. The number of ether oxygens (including phenoxy) is 4. The van der Waals surface area contributed by atoms with Gasteiger partial charge >= 0.3 is 39.5 Å². The standard InChI is InChI=1S/C53H102O17P2/c1-7-11-13-21-29-35-50(55)63-41-48(69-52(57)37-31-22-14-12-8-2)43-67-71(59,60)65-39-47(54)40-66-72(61,62)68-44-49(42-64-51(56)36-30-25-20-19-24-28-34-46(6)10-4)70-53(58)38-32-26-18-16-15-17-23-27-33-45(5)9-3/h45-49,54H,7-44H2,1-6H3,(H,59,60)(H,61,62)/t45?,46?,47-,48+,49+/m0/s1. The minimum Gasteiger partial charge on any atom is -0.462 e. The molecule has 0 aromatic heterocycles. The Morgan fingerprint density at radius 1 is 0.389 bits per heavy atom. The van der Waals surface area contributed by atoms with Crippen LogP contribution in [0.25, 0.3) is 0 Å². The molecule has 0 aliphatic carbocycles. The highest BCUT2D eigenvalue weighted by molar-refractivity contribution is 7.47. The van der Waals surface area contributed by atoms with Gasteiger partial charge in [0.1, 0.15) is 19.3 Å². The number of esters is 4. The number of unbranched alkanes of at least 4 members (excludes halogenated alkanes) is 20. The summed E-state index contributed by atoms with van der Waals surface area (Å²) in [6.45, 7) is 9.17. The number of hydrogen-bond donors (Lipinski definition) is 3. The molecule has 19 heteroatoms. The van der Waals surface area contributed by atoms with Crippen LogP contribution in [0.1, 0.15) is 247 Å². The van der Waals surface area contributed by atoms with Crippen LogP contribution in [0.2, 0.25) is 0 Å². The number of aliphatic hydroxyl groups is 1. The van der Waals surface area contributed by atoms with E-state index < -0.39 is 97.5 Å². The Morgan fingerprint density at radius 3 is 0.986 bits per heavy atom. The summed E-state index contributed by atoms with van der Waals surface area (Å²) < 4.78 is 67.1. The van der Waals surface area contributed by atoms with Gasteiger partial charge in [0, 0.05) is 25.7 Å². The van der Waals surface area contributed by atoms with Crippen LogP contribution in [0.5, 0.6) is 0 Å². The molecular formula is C53H102O17P2. The molecule has 3 N–H and O–H groups in total. The van der Waals surface area contributed by atoms with Crippen LogP contribution in [-0.2, 0) is 65.4 Å². The van der Waals surface area contributed by atoms with E-state index in [1.54, 1.807) is 0 Å². The van der Waals surface area contributed by atoms with Crippen LogP contribution in [0.15, 0.2) is 0 Å². The molecule has 0 aromatic carbocycles. The first kappa shape index (κ1) is 70.1. The molecule has 0 radical (unpaired) electrons. The first-order chi connectivity index (χ1) is 34.4.